The Balaban J connectivity index is 1.40. The maximum Gasteiger partial charge on any atom is 0.258 e. The van der Waals surface area contributed by atoms with Gasteiger partial charge in [0.1, 0.15) is 0 Å². The van der Waals surface area contributed by atoms with Gasteiger partial charge < -0.3 is 19.9 Å². The van der Waals surface area contributed by atoms with Crippen LogP contribution in [0.5, 0.6) is 5.75 Å². The van der Waals surface area contributed by atoms with Crippen LogP contribution in [0.1, 0.15) is 11.6 Å². The van der Waals surface area contributed by atoms with E-state index in [2.05, 4.69) is 68.5 Å². The number of carbonyl (C=O) groups is 1. The lowest BCUT2D eigenvalue weighted by Crippen LogP contribution is -2.50. The molecular weight excluding hydrogens is 443 g/mol. The van der Waals surface area contributed by atoms with Crippen LogP contribution in [0.25, 0.3) is 0 Å². The SMILES string of the molecule is CN(C)c1ccc(C(CNC(=O)COc2ccccc2F)N2CCN(c3ccccc3)CC2)cc1. The Morgan fingerprint density at radius 3 is 2.26 bits per heavy atom. The van der Waals surface area contributed by atoms with Crippen molar-refractivity contribution in [1.82, 2.24) is 10.2 Å². The second kappa shape index (κ2) is 11.7. The van der Waals surface area contributed by atoms with Crippen molar-refractivity contribution in [3.05, 3.63) is 90.2 Å². The molecule has 1 aliphatic rings. The molecular formula is C28H33FN4O2. The summed E-state index contributed by atoms with van der Waals surface area (Å²) in [6, 6.07) is 25.0. The molecule has 1 atom stereocenters. The van der Waals surface area contributed by atoms with E-state index in [0.717, 1.165) is 37.4 Å². The van der Waals surface area contributed by atoms with E-state index in [1.54, 1.807) is 12.1 Å². The predicted octanol–water partition coefficient (Wildman–Crippen LogP) is 3.95. The molecule has 35 heavy (non-hydrogen) atoms. The van der Waals surface area contributed by atoms with E-state index in [1.807, 2.05) is 20.2 Å². The molecule has 1 N–H and O–H groups in total. The molecule has 0 aromatic heterocycles. The maximum atomic E-state index is 13.8. The molecule has 0 spiro atoms. The molecule has 6 nitrogen and oxygen atoms in total. The average molecular weight is 477 g/mol. The van der Waals surface area contributed by atoms with Crippen molar-refractivity contribution in [2.45, 2.75) is 6.04 Å². The molecule has 1 heterocycles. The van der Waals surface area contributed by atoms with E-state index in [-0.39, 0.29) is 24.3 Å². The number of piperazine rings is 1. The van der Waals surface area contributed by atoms with Crippen molar-refractivity contribution < 1.29 is 13.9 Å². The van der Waals surface area contributed by atoms with Crippen LogP contribution in [-0.4, -0.2) is 64.2 Å². The largest absolute Gasteiger partial charge is 0.481 e. The fourth-order valence-corrected chi connectivity index (χ4v) is 4.35. The lowest BCUT2D eigenvalue weighted by molar-refractivity contribution is -0.123. The van der Waals surface area contributed by atoms with Gasteiger partial charge in [0.25, 0.3) is 5.91 Å². The smallest absolute Gasteiger partial charge is 0.258 e. The van der Waals surface area contributed by atoms with Gasteiger partial charge in [-0.3, -0.25) is 9.69 Å². The Morgan fingerprint density at radius 1 is 0.943 bits per heavy atom. The van der Waals surface area contributed by atoms with Crippen molar-refractivity contribution in [2.75, 3.05) is 63.2 Å². The zero-order valence-corrected chi connectivity index (χ0v) is 20.4. The van der Waals surface area contributed by atoms with Gasteiger partial charge in [-0.05, 0) is 42.0 Å². The molecule has 0 saturated carbocycles. The molecule has 7 heteroatoms. The molecule has 1 aliphatic heterocycles. The second-order valence-electron chi connectivity index (χ2n) is 8.88. The fourth-order valence-electron chi connectivity index (χ4n) is 4.35. The molecule has 1 fully saturated rings. The van der Waals surface area contributed by atoms with Crippen molar-refractivity contribution in [3.63, 3.8) is 0 Å². The Labute approximate surface area is 206 Å². The average Bonchev–Trinajstić information content (AvgIpc) is 2.89. The molecule has 1 unspecified atom stereocenters. The molecule has 4 rings (SSSR count). The van der Waals surface area contributed by atoms with Crippen LogP contribution in [-0.2, 0) is 4.79 Å². The number of anilines is 2. The van der Waals surface area contributed by atoms with E-state index in [1.165, 1.54) is 17.8 Å². The second-order valence-corrected chi connectivity index (χ2v) is 8.88. The molecule has 3 aromatic rings. The Morgan fingerprint density at radius 2 is 1.60 bits per heavy atom. The van der Waals surface area contributed by atoms with Gasteiger partial charge in [0.05, 0.1) is 6.04 Å². The highest BCUT2D eigenvalue weighted by molar-refractivity contribution is 5.77. The summed E-state index contributed by atoms with van der Waals surface area (Å²) in [6.07, 6.45) is 0. The first kappa shape index (κ1) is 24.5. The summed E-state index contributed by atoms with van der Waals surface area (Å²) >= 11 is 0. The molecule has 3 aromatic carbocycles. The number of hydrogen-bond donors (Lipinski definition) is 1. The van der Waals surface area contributed by atoms with Gasteiger partial charge in [0.15, 0.2) is 18.2 Å². The van der Waals surface area contributed by atoms with Crippen LogP contribution in [0.2, 0.25) is 0 Å². The Hall–Kier alpha value is -3.58. The number of ether oxygens (including phenoxy) is 1. The lowest BCUT2D eigenvalue weighted by atomic mass is 10.0. The van der Waals surface area contributed by atoms with Gasteiger partial charge in [0, 0.05) is 58.2 Å². The van der Waals surface area contributed by atoms with Crippen molar-refractivity contribution >= 4 is 17.3 Å². The number of benzene rings is 3. The van der Waals surface area contributed by atoms with Crippen molar-refractivity contribution in [2.24, 2.45) is 0 Å². The minimum atomic E-state index is -0.476. The highest BCUT2D eigenvalue weighted by Crippen LogP contribution is 2.26. The van der Waals surface area contributed by atoms with Gasteiger partial charge in [-0.1, -0.05) is 42.5 Å². The minimum Gasteiger partial charge on any atom is -0.481 e. The monoisotopic (exact) mass is 476 g/mol. The van der Waals surface area contributed by atoms with Crippen LogP contribution in [0.4, 0.5) is 15.8 Å². The molecule has 0 radical (unpaired) electrons. The van der Waals surface area contributed by atoms with Crippen molar-refractivity contribution in [3.8, 4) is 5.75 Å². The summed E-state index contributed by atoms with van der Waals surface area (Å²) in [5.74, 6) is -0.669. The van der Waals surface area contributed by atoms with Gasteiger partial charge in [-0.25, -0.2) is 4.39 Å². The maximum absolute atomic E-state index is 13.8. The standard InChI is InChI=1S/C28H33FN4O2/c1-31(2)23-14-12-22(13-15-23)26(20-30-28(34)21-35-27-11-7-6-10-25(27)29)33-18-16-32(17-19-33)24-8-4-3-5-9-24/h3-15,26H,16-21H2,1-2H3,(H,30,34). The van der Waals surface area contributed by atoms with Crippen LogP contribution < -0.4 is 19.9 Å². The summed E-state index contributed by atoms with van der Waals surface area (Å²) in [7, 11) is 4.04. The van der Waals surface area contributed by atoms with Gasteiger partial charge in [-0.15, -0.1) is 0 Å². The number of rotatable bonds is 9. The van der Waals surface area contributed by atoms with E-state index in [4.69, 9.17) is 4.74 Å². The van der Waals surface area contributed by atoms with Crippen LogP contribution in [0.3, 0.4) is 0 Å². The summed E-state index contributed by atoms with van der Waals surface area (Å²) < 4.78 is 19.2. The number of carbonyl (C=O) groups excluding carboxylic acids is 1. The van der Waals surface area contributed by atoms with E-state index < -0.39 is 5.82 Å². The number of nitrogens with zero attached hydrogens (tertiary/aromatic N) is 3. The number of hydrogen-bond acceptors (Lipinski definition) is 5. The zero-order valence-electron chi connectivity index (χ0n) is 20.4. The quantitative estimate of drug-likeness (QED) is 0.507. The van der Waals surface area contributed by atoms with Crippen LogP contribution in [0, 0.1) is 5.82 Å². The van der Waals surface area contributed by atoms with E-state index >= 15 is 0 Å². The first-order chi connectivity index (χ1) is 17.0. The van der Waals surface area contributed by atoms with Gasteiger partial charge in [0.2, 0.25) is 0 Å². The minimum absolute atomic E-state index is 0.0292. The summed E-state index contributed by atoms with van der Waals surface area (Å²) in [4.78, 5) is 19.4. The third-order valence-corrected chi connectivity index (χ3v) is 6.36. The summed E-state index contributed by atoms with van der Waals surface area (Å²) in [6.45, 7) is 3.83. The number of halogens is 1. The third-order valence-electron chi connectivity index (χ3n) is 6.36. The van der Waals surface area contributed by atoms with Gasteiger partial charge in [-0.2, -0.15) is 0 Å². The first-order valence-electron chi connectivity index (χ1n) is 12.0. The number of para-hydroxylation sites is 2. The molecule has 1 amide bonds. The molecule has 184 valence electrons. The van der Waals surface area contributed by atoms with Crippen molar-refractivity contribution in [1.29, 1.82) is 0 Å². The fraction of sp³-hybridized carbons (Fsp3) is 0.321. The predicted molar refractivity (Wildman–Crippen MR) is 139 cm³/mol. The van der Waals surface area contributed by atoms with Gasteiger partial charge >= 0.3 is 0 Å². The first-order valence-corrected chi connectivity index (χ1v) is 12.0. The molecule has 0 aliphatic carbocycles. The number of nitrogens with one attached hydrogen (secondary N) is 1. The molecule has 0 bridgehead atoms. The normalized spacial score (nSPS) is 14.9. The lowest BCUT2D eigenvalue weighted by Gasteiger charge is -2.40. The highest BCUT2D eigenvalue weighted by Gasteiger charge is 2.26. The topological polar surface area (TPSA) is 48.1 Å². The summed E-state index contributed by atoms with van der Waals surface area (Å²) in [5.41, 5.74) is 3.51. The Bertz CT molecular complexity index is 1080. The molecule has 1 saturated heterocycles. The van der Waals surface area contributed by atoms with Crippen LogP contribution >= 0.6 is 0 Å². The highest BCUT2D eigenvalue weighted by atomic mass is 19.1. The third kappa shape index (κ3) is 6.51. The summed E-state index contributed by atoms with van der Waals surface area (Å²) in [5, 5.41) is 3.00. The number of amides is 1. The zero-order chi connectivity index (χ0) is 24.6. The Kier molecular flexibility index (Phi) is 8.21. The van der Waals surface area contributed by atoms with E-state index in [0.29, 0.717) is 6.54 Å². The van der Waals surface area contributed by atoms with Crippen LogP contribution in [0.15, 0.2) is 78.9 Å². The van der Waals surface area contributed by atoms with E-state index in [9.17, 15) is 9.18 Å².